The van der Waals surface area contributed by atoms with Crippen molar-refractivity contribution in [3.8, 4) is 0 Å². The lowest BCUT2D eigenvalue weighted by molar-refractivity contribution is -0.137. The topological polar surface area (TPSA) is 66.8 Å². The van der Waals surface area contributed by atoms with Gasteiger partial charge in [-0.2, -0.15) is 11.8 Å². The summed E-state index contributed by atoms with van der Waals surface area (Å²) in [5.41, 5.74) is -0.0782. The van der Waals surface area contributed by atoms with E-state index in [1.54, 1.807) is 0 Å². The number of rotatable bonds is 14. The van der Waals surface area contributed by atoms with Crippen LogP contribution >= 0.6 is 11.8 Å². The van der Waals surface area contributed by atoms with E-state index in [0.717, 1.165) is 56.5 Å². The van der Waals surface area contributed by atoms with Gasteiger partial charge in [-0.1, -0.05) is 52.2 Å². The Kier molecular flexibility index (Phi) is 9.85. The van der Waals surface area contributed by atoms with Crippen LogP contribution in [0, 0.1) is 17.3 Å². The molecule has 0 saturated carbocycles. The fourth-order valence-corrected chi connectivity index (χ4v) is 5.73. The standard InChI is InChI=1S/C23H40O4S/c1-4-5-14-23(2,3)21(24)13-10-17-18(20-12-11-19(17)27-20)16-28-15-8-6-7-9-22(25)26/h10,13,17-21,24H,4-9,11-12,14-16H2,1-3H3,(H,25,26)/t17-,18+,19-,20+,21?/m0/s1. The molecule has 2 saturated heterocycles. The number of hydrogen-bond donors (Lipinski definition) is 2. The van der Waals surface area contributed by atoms with Crippen molar-refractivity contribution in [3.05, 3.63) is 12.2 Å². The van der Waals surface area contributed by atoms with Gasteiger partial charge in [-0.3, -0.25) is 4.79 Å². The predicted molar refractivity (Wildman–Crippen MR) is 117 cm³/mol. The molecule has 0 aromatic carbocycles. The highest BCUT2D eigenvalue weighted by molar-refractivity contribution is 7.99. The molecule has 2 bridgehead atoms. The summed E-state index contributed by atoms with van der Waals surface area (Å²) in [6.07, 6.45) is 13.4. The molecule has 2 N–H and O–H groups in total. The molecule has 28 heavy (non-hydrogen) atoms. The van der Waals surface area contributed by atoms with E-state index in [0.29, 0.717) is 24.0 Å². The average Bonchev–Trinajstić information content (AvgIpc) is 3.25. The Labute approximate surface area is 175 Å². The van der Waals surface area contributed by atoms with E-state index in [1.165, 1.54) is 6.42 Å². The number of hydrogen-bond acceptors (Lipinski definition) is 4. The van der Waals surface area contributed by atoms with Gasteiger partial charge < -0.3 is 14.9 Å². The number of aliphatic hydroxyl groups is 1. The van der Waals surface area contributed by atoms with Crippen LogP contribution < -0.4 is 0 Å². The van der Waals surface area contributed by atoms with Crippen LogP contribution in [0.3, 0.4) is 0 Å². The highest BCUT2D eigenvalue weighted by Crippen LogP contribution is 2.45. The van der Waals surface area contributed by atoms with Gasteiger partial charge in [0.05, 0.1) is 18.3 Å². The van der Waals surface area contributed by atoms with Gasteiger partial charge in [0.1, 0.15) is 0 Å². The van der Waals surface area contributed by atoms with E-state index < -0.39 is 12.1 Å². The smallest absolute Gasteiger partial charge is 0.303 e. The molecule has 5 atom stereocenters. The van der Waals surface area contributed by atoms with Crippen molar-refractivity contribution >= 4 is 17.7 Å². The molecule has 1 unspecified atom stereocenters. The van der Waals surface area contributed by atoms with Gasteiger partial charge in [-0.05, 0) is 49.0 Å². The van der Waals surface area contributed by atoms with Crippen LogP contribution in [0.1, 0.15) is 78.6 Å². The first-order chi connectivity index (χ1) is 13.3. The van der Waals surface area contributed by atoms with Gasteiger partial charge in [0.25, 0.3) is 0 Å². The third-order valence-electron chi connectivity index (χ3n) is 6.47. The third-order valence-corrected chi connectivity index (χ3v) is 7.67. The molecule has 0 aliphatic carbocycles. The number of unbranched alkanes of at least 4 members (excludes halogenated alkanes) is 3. The highest BCUT2D eigenvalue weighted by Gasteiger charge is 2.47. The molecular formula is C23H40O4S. The number of carboxylic acids is 1. The largest absolute Gasteiger partial charge is 0.481 e. The van der Waals surface area contributed by atoms with Crippen LogP contribution in [0.2, 0.25) is 0 Å². The van der Waals surface area contributed by atoms with Gasteiger partial charge in [-0.25, -0.2) is 0 Å². The SMILES string of the molecule is CCCCC(C)(C)C(O)C=C[C@H]1[C@@H](CSCCCCCC(=O)O)[C@H]2CC[C@@H]1O2. The molecule has 0 spiro atoms. The van der Waals surface area contributed by atoms with Gasteiger partial charge >= 0.3 is 5.97 Å². The van der Waals surface area contributed by atoms with Gasteiger partial charge in [0, 0.05) is 18.3 Å². The fraction of sp³-hybridized carbons (Fsp3) is 0.870. The molecule has 2 rings (SSSR count). The number of aliphatic carboxylic acids is 1. The summed E-state index contributed by atoms with van der Waals surface area (Å²) in [4.78, 5) is 10.6. The molecule has 0 aromatic heterocycles. The molecular weight excluding hydrogens is 372 g/mol. The zero-order valence-electron chi connectivity index (χ0n) is 17.9. The molecule has 2 aliphatic heterocycles. The molecule has 4 nitrogen and oxygen atoms in total. The maximum Gasteiger partial charge on any atom is 0.303 e. The lowest BCUT2D eigenvalue weighted by Gasteiger charge is -2.30. The van der Waals surface area contributed by atoms with E-state index >= 15 is 0 Å². The number of carbonyl (C=O) groups is 1. The molecule has 2 aliphatic rings. The number of ether oxygens (including phenoxy) is 1. The number of aliphatic hydroxyl groups excluding tert-OH is 1. The Morgan fingerprint density at radius 3 is 2.68 bits per heavy atom. The van der Waals surface area contributed by atoms with Crippen LogP contribution in [-0.4, -0.2) is 46.0 Å². The van der Waals surface area contributed by atoms with Crippen LogP contribution in [0.5, 0.6) is 0 Å². The second kappa shape index (κ2) is 11.6. The summed E-state index contributed by atoms with van der Waals surface area (Å²) in [6.45, 7) is 6.51. The molecule has 2 fully saturated rings. The first kappa shape index (κ1) is 23.8. The van der Waals surface area contributed by atoms with Crippen LogP contribution in [0.25, 0.3) is 0 Å². The molecule has 0 amide bonds. The van der Waals surface area contributed by atoms with E-state index in [9.17, 15) is 9.90 Å². The van der Waals surface area contributed by atoms with Crippen LogP contribution in [-0.2, 0) is 9.53 Å². The second-order valence-electron chi connectivity index (χ2n) is 9.23. The summed E-state index contributed by atoms with van der Waals surface area (Å²) in [7, 11) is 0. The van der Waals surface area contributed by atoms with E-state index in [2.05, 4.69) is 26.8 Å². The quantitative estimate of drug-likeness (QED) is 0.300. The molecule has 162 valence electrons. The van der Waals surface area contributed by atoms with Crippen molar-refractivity contribution in [2.45, 2.75) is 96.9 Å². The summed E-state index contributed by atoms with van der Waals surface area (Å²) in [5.74, 6) is 2.47. The highest BCUT2D eigenvalue weighted by atomic mass is 32.2. The Balaban J connectivity index is 1.78. The molecule has 0 aromatic rings. The van der Waals surface area contributed by atoms with E-state index in [1.807, 2.05) is 17.8 Å². The Bertz CT molecular complexity index is 505. The lowest BCUT2D eigenvalue weighted by Crippen LogP contribution is -2.30. The van der Waals surface area contributed by atoms with Crippen molar-refractivity contribution in [1.29, 1.82) is 0 Å². The average molecular weight is 413 g/mol. The van der Waals surface area contributed by atoms with E-state index in [-0.39, 0.29) is 11.8 Å². The normalized spacial score (nSPS) is 28.3. The molecule has 0 radical (unpaired) electrons. The summed E-state index contributed by atoms with van der Waals surface area (Å²) < 4.78 is 6.19. The van der Waals surface area contributed by atoms with Gasteiger partial charge in [0.2, 0.25) is 0 Å². The Morgan fingerprint density at radius 2 is 1.96 bits per heavy atom. The van der Waals surface area contributed by atoms with Crippen molar-refractivity contribution in [2.24, 2.45) is 17.3 Å². The van der Waals surface area contributed by atoms with Gasteiger partial charge in [-0.15, -0.1) is 0 Å². The Morgan fingerprint density at radius 1 is 1.21 bits per heavy atom. The predicted octanol–water partition coefficient (Wildman–Crippen LogP) is 5.29. The van der Waals surface area contributed by atoms with Crippen molar-refractivity contribution in [2.75, 3.05) is 11.5 Å². The van der Waals surface area contributed by atoms with Crippen molar-refractivity contribution < 1.29 is 19.7 Å². The summed E-state index contributed by atoms with van der Waals surface area (Å²) in [5, 5.41) is 19.4. The minimum absolute atomic E-state index is 0.0782. The Hall–Kier alpha value is -0.520. The lowest BCUT2D eigenvalue weighted by atomic mass is 9.78. The maximum absolute atomic E-state index is 10.7. The number of fused-ring (bicyclic) bond motifs is 2. The number of thioether (sulfide) groups is 1. The minimum Gasteiger partial charge on any atom is -0.481 e. The second-order valence-corrected chi connectivity index (χ2v) is 10.4. The van der Waals surface area contributed by atoms with Crippen LogP contribution in [0.15, 0.2) is 12.2 Å². The van der Waals surface area contributed by atoms with Gasteiger partial charge in [0.15, 0.2) is 0 Å². The van der Waals surface area contributed by atoms with Crippen LogP contribution in [0.4, 0.5) is 0 Å². The van der Waals surface area contributed by atoms with Crippen molar-refractivity contribution in [3.63, 3.8) is 0 Å². The zero-order valence-corrected chi connectivity index (χ0v) is 18.8. The fourth-order valence-electron chi connectivity index (χ4n) is 4.45. The number of carboxylic acid groups (broad SMARTS) is 1. The van der Waals surface area contributed by atoms with Crippen molar-refractivity contribution in [1.82, 2.24) is 0 Å². The summed E-state index contributed by atoms with van der Waals surface area (Å²) >= 11 is 1.98. The summed E-state index contributed by atoms with van der Waals surface area (Å²) in [6, 6.07) is 0. The third kappa shape index (κ3) is 7.07. The maximum atomic E-state index is 10.7. The molecule has 5 heteroatoms. The minimum atomic E-state index is -0.693. The first-order valence-corrected chi connectivity index (χ1v) is 12.3. The zero-order chi connectivity index (χ0) is 20.6. The monoisotopic (exact) mass is 412 g/mol. The molecule has 2 heterocycles. The first-order valence-electron chi connectivity index (χ1n) is 11.2. The van der Waals surface area contributed by atoms with E-state index in [4.69, 9.17) is 9.84 Å².